The van der Waals surface area contributed by atoms with E-state index in [1.54, 1.807) is 16.8 Å². The summed E-state index contributed by atoms with van der Waals surface area (Å²) in [5.74, 6) is 0.554. The van der Waals surface area contributed by atoms with E-state index in [1.165, 1.54) is 11.3 Å². The van der Waals surface area contributed by atoms with E-state index in [4.69, 9.17) is 0 Å². The second-order valence-corrected chi connectivity index (χ2v) is 9.67. The van der Waals surface area contributed by atoms with Crippen LogP contribution in [0.15, 0.2) is 27.0 Å². The highest BCUT2D eigenvalue weighted by Crippen LogP contribution is 2.30. The van der Waals surface area contributed by atoms with Crippen molar-refractivity contribution < 1.29 is 4.79 Å². The Labute approximate surface area is 171 Å². The number of amides is 1. The Hall–Kier alpha value is -2.30. The Balaban J connectivity index is 1.48. The van der Waals surface area contributed by atoms with E-state index in [9.17, 15) is 9.59 Å². The summed E-state index contributed by atoms with van der Waals surface area (Å²) < 4.78 is 2.58. The molecule has 4 aromatic heterocycles. The van der Waals surface area contributed by atoms with E-state index in [2.05, 4.69) is 48.1 Å². The summed E-state index contributed by atoms with van der Waals surface area (Å²) in [6.45, 7) is 4.46. The zero-order valence-corrected chi connectivity index (χ0v) is 17.4. The standard InChI is InChI=1S/C18H17BrN6O2S/c1-9-2-3-24(6-9)8-13(26)21-10-4-11-15(20-5-10)16-14(17(27)22-11)18-25(23-16)7-12(19)28-18/h4-5,7,9H,2-3,6,8H2,1H3,(H,21,26)(H,22,27). The van der Waals surface area contributed by atoms with Crippen LogP contribution in [0, 0.1) is 5.92 Å². The molecular weight excluding hydrogens is 444 g/mol. The van der Waals surface area contributed by atoms with Crippen molar-refractivity contribution in [2.24, 2.45) is 5.92 Å². The van der Waals surface area contributed by atoms with Crippen LogP contribution in [0.3, 0.4) is 0 Å². The van der Waals surface area contributed by atoms with Crippen molar-refractivity contribution in [1.29, 1.82) is 0 Å². The number of anilines is 1. The molecule has 1 amide bonds. The van der Waals surface area contributed by atoms with Gasteiger partial charge in [0.1, 0.15) is 21.3 Å². The Morgan fingerprint density at radius 3 is 3.11 bits per heavy atom. The minimum atomic E-state index is -0.219. The summed E-state index contributed by atoms with van der Waals surface area (Å²) in [7, 11) is 0. The Kier molecular flexibility index (Phi) is 4.22. The van der Waals surface area contributed by atoms with Crippen LogP contribution in [0.4, 0.5) is 5.69 Å². The highest BCUT2D eigenvalue weighted by atomic mass is 79.9. The zero-order valence-electron chi connectivity index (χ0n) is 15.0. The van der Waals surface area contributed by atoms with Crippen molar-refractivity contribution in [3.8, 4) is 0 Å². The number of carbonyl (C=O) groups excluding carboxylic acids is 1. The van der Waals surface area contributed by atoms with E-state index in [0.717, 1.165) is 28.1 Å². The predicted molar refractivity (Wildman–Crippen MR) is 113 cm³/mol. The number of aromatic nitrogens is 4. The van der Waals surface area contributed by atoms with E-state index in [0.29, 0.717) is 40.1 Å². The average molecular weight is 461 g/mol. The molecule has 5 heterocycles. The van der Waals surface area contributed by atoms with Crippen LogP contribution in [-0.2, 0) is 4.79 Å². The number of halogens is 1. The number of hydrogen-bond donors (Lipinski definition) is 2. The first kappa shape index (κ1) is 17.8. The number of nitrogens with zero attached hydrogens (tertiary/aromatic N) is 4. The van der Waals surface area contributed by atoms with Crippen molar-refractivity contribution in [3.63, 3.8) is 0 Å². The second-order valence-electron chi connectivity index (χ2n) is 7.26. The van der Waals surface area contributed by atoms with Gasteiger partial charge in [0.2, 0.25) is 5.91 Å². The molecule has 1 fully saturated rings. The first-order valence-corrected chi connectivity index (χ1v) is 10.6. The van der Waals surface area contributed by atoms with Crippen molar-refractivity contribution >= 4 is 65.6 Å². The van der Waals surface area contributed by atoms with Crippen molar-refractivity contribution in [2.45, 2.75) is 13.3 Å². The first-order chi connectivity index (χ1) is 13.5. The number of nitrogens with one attached hydrogen (secondary N) is 2. The van der Waals surface area contributed by atoms with Gasteiger partial charge in [-0.15, -0.1) is 11.3 Å². The summed E-state index contributed by atoms with van der Waals surface area (Å²) in [4.78, 5) is 35.2. The Morgan fingerprint density at radius 1 is 1.46 bits per heavy atom. The lowest BCUT2D eigenvalue weighted by Crippen LogP contribution is -2.31. The molecule has 1 atom stereocenters. The van der Waals surface area contributed by atoms with E-state index < -0.39 is 0 Å². The van der Waals surface area contributed by atoms with Gasteiger partial charge in [-0.05, 0) is 40.9 Å². The first-order valence-electron chi connectivity index (χ1n) is 8.99. The number of pyridine rings is 2. The normalized spacial score (nSPS) is 17.9. The van der Waals surface area contributed by atoms with Crippen LogP contribution >= 0.6 is 27.3 Å². The van der Waals surface area contributed by atoms with Crippen LogP contribution in [0.5, 0.6) is 0 Å². The number of likely N-dealkylation sites (tertiary alicyclic amines) is 1. The number of fused-ring (bicyclic) bond motifs is 5. The van der Waals surface area contributed by atoms with Crippen LogP contribution in [-0.4, -0.2) is 50.0 Å². The van der Waals surface area contributed by atoms with Gasteiger partial charge in [-0.1, -0.05) is 6.92 Å². The van der Waals surface area contributed by atoms with Gasteiger partial charge in [0.15, 0.2) is 0 Å². The fraction of sp³-hybridized carbons (Fsp3) is 0.333. The Bertz CT molecular complexity index is 1290. The topological polar surface area (TPSA) is 95.4 Å². The van der Waals surface area contributed by atoms with Gasteiger partial charge in [0, 0.05) is 6.54 Å². The summed E-state index contributed by atoms with van der Waals surface area (Å²) in [6.07, 6.45) is 4.55. The molecule has 0 aliphatic carbocycles. The molecule has 8 nitrogen and oxygen atoms in total. The maximum absolute atomic E-state index is 12.6. The molecule has 5 rings (SSSR count). The predicted octanol–water partition coefficient (Wildman–Crippen LogP) is 2.83. The molecule has 4 aromatic rings. The van der Waals surface area contributed by atoms with E-state index >= 15 is 0 Å². The van der Waals surface area contributed by atoms with Crippen molar-refractivity contribution in [2.75, 3.05) is 25.0 Å². The number of hydrogen-bond acceptors (Lipinski definition) is 6. The highest BCUT2D eigenvalue weighted by Gasteiger charge is 2.21. The molecule has 2 N–H and O–H groups in total. The van der Waals surface area contributed by atoms with Gasteiger partial charge in [-0.3, -0.25) is 19.5 Å². The molecule has 0 aromatic carbocycles. The van der Waals surface area contributed by atoms with Crippen LogP contribution in [0.2, 0.25) is 0 Å². The molecule has 1 aliphatic rings. The maximum atomic E-state index is 12.6. The lowest BCUT2D eigenvalue weighted by Gasteiger charge is -2.14. The van der Waals surface area contributed by atoms with Crippen LogP contribution in [0.1, 0.15) is 13.3 Å². The summed E-state index contributed by atoms with van der Waals surface area (Å²) in [6, 6.07) is 1.73. The quantitative estimate of drug-likeness (QED) is 0.489. The van der Waals surface area contributed by atoms with Crippen molar-refractivity contribution in [1.82, 2.24) is 24.5 Å². The lowest BCUT2D eigenvalue weighted by molar-refractivity contribution is -0.117. The monoisotopic (exact) mass is 460 g/mol. The number of rotatable bonds is 3. The van der Waals surface area contributed by atoms with Gasteiger partial charge >= 0.3 is 0 Å². The van der Waals surface area contributed by atoms with Gasteiger partial charge < -0.3 is 10.3 Å². The molecule has 1 aliphatic heterocycles. The fourth-order valence-corrected chi connectivity index (χ4v) is 5.23. The number of carbonyl (C=O) groups is 1. The molecular formula is C18H17BrN6O2S. The summed E-state index contributed by atoms with van der Waals surface area (Å²) >= 11 is 4.86. The minimum absolute atomic E-state index is 0.0777. The minimum Gasteiger partial charge on any atom is -0.324 e. The molecule has 0 bridgehead atoms. The molecule has 0 spiro atoms. The SMILES string of the molecule is CC1CCN(CC(=O)Nc2cnc3c(c2)[nH]c(=O)c2c3nn3cc(Br)sc23)C1. The molecule has 28 heavy (non-hydrogen) atoms. The molecule has 0 radical (unpaired) electrons. The maximum Gasteiger partial charge on any atom is 0.261 e. The molecule has 144 valence electrons. The molecule has 1 unspecified atom stereocenters. The second kappa shape index (κ2) is 6.64. The molecule has 0 saturated carbocycles. The highest BCUT2D eigenvalue weighted by molar-refractivity contribution is 9.11. The van der Waals surface area contributed by atoms with E-state index in [-0.39, 0.29) is 11.5 Å². The number of H-pyrrole nitrogens is 1. The summed E-state index contributed by atoms with van der Waals surface area (Å²) in [5.41, 5.74) is 2.05. The van der Waals surface area contributed by atoms with Gasteiger partial charge in [-0.2, -0.15) is 5.10 Å². The fourth-order valence-electron chi connectivity index (χ4n) is 3.76. The zero-order chi connectivity index (χ0) is 19.4. The molecule has 10 heteroatoms. The van der Waals surface area contributed by atoms with Crippen molar-refractivity contribution in [3.05, 3.63) is 32.6 Å². The molecule has 1 saturated heterocycles. The largest absolute Gasteiger partial charge is 0.324 e. The van der Waals surface area contributed by atoms with E-state index in [1.807, 2.05) is 6.20 Å². The lowest BCUT2D eigenvalue weighted by atomic mass is 10.2. The van der Waals surface area contributed by atoms with Gasteiger partial charge in [0.05, 0.1) is 33.9 Å². The average Bonchev–Trinajstić information content (AvgIpc) is 3.28. The smallest absolute Gasteiger partial charge is 0.261 e. The van der Waals surface area contributed by atoms with Crippen LogP contribution < -0.4 is 10.9 Å². The number of thiazole rings is 1. The number of aromatic amines is 1. The van der Waals surface area contributed by atoms with Crippen LogP contribution in [0.25, 0.3) is 26.8 Å². The third-order valence-corrected chi connectivity index (χ3v) is 6.61. The third kappa shape index (κ3) is 3.01. The van der Waals surface area contributed by atoms with Gasteiger partial charge in [-0.25, -0.2) is 4.52 Å². The summed E-state index contributed by atoms with van der Waals surface area (Å²) in [5, 5.41) is 7.91. The Morgan fingerprint density at radius 2 is 2.32 bits per heavy atom. The third-order valence-electron chi connectivity index (χ3n) is 5.03. The van der Waals surface area contributed by atoms with Gasteiger partial charge in [0.25, 0.3) is 5.56 Å².